The van der Waals surface area contributed by atoms with E-state index in [1.807, 2.05) is 0 Å². The van der Waals surface area contributed by atoms with Gasteiger partial charge in [0.25, 0.3) is 0 Å². The van der Waals surface area contributed by atoms with Crippen LogP contribution in [-0.4, -0.2) is 0 Å². The van der Waals surface area contributed by atoms with Crippen molar-refractivity contribution < 1.29 is 21.7 Å². The smallest absolute Gasteiger partial charge is 0.213 e. The Morgan fingerprint density at radius 1 is 0.895 bits per heavy atom. The van der Waals surface area contributed by atoms with E-state index in [1.165, 1.54) is 46.2 Å². The Bertz CT molecular complexity index is 392. The standard InChI is InChI=1S/C10H15.C8H11.Ti/c1-6-7(2)9(4)10(5)8(6)3;1-2-5-8-6-3-4-7-8;/h1-5H3;3-4,6-7H,2,5H2,1H3;/q2*-1;+2. The second-order valence-corrected chi connectivity index (χ2v) is 5.17. The molecule has 0 spiro atoms. The van der Waals surface area contributed by atoms with Crippen molar-refractivity contribution >= 4 is 0 Å². The van der Waals surface area contributed by atoms with Gasteiger partial charge in [-0.15, -0.1) is 0 Å². The van der Waals surface area contributed by atoms with Crippen LogP contribution in [0.4, 0.5) is 0 Å². The van der Waals surface area contributed by atoms with Gasteiger partial charge in [-0.2, -0.15) is 45.5 Å². The summed E-state index contributed by atoms with van der Waals surface area (Å²) >= 11 is 0. The molecule has 1 heteroatoms. The first-order valence-corrected chi connectivity index (χ1v) is 6.89. The largest absolute Gasteiger partial charge is 2.00 e. The zero-order valence-corrected chi connectivity index (χ0v) is 14.8. The zero-order chi connectivity index (χ0) is 13.7. The number of hydrogen-bond donors (Lipinski definition) is 0. The molecule has 0 radical (unpaired) electrons. The molecule has 2 aromatic rings. The molecule has 0 aliphatic heterocycles. The van der Waals surface area contributed by atoms with Crippen LogP contribution in [-0.2, 0) is 28.1 Å². The number of aryl methyl sites for hydroxylation is 1. The molecule has 102 valence electrons. The molecule has 0 amide bonds. The third-order valence-electron chi connectivity index (χ3n) is 4.08. The van der Waals surface area contributed by atoms with Gasteiger partial charge < -0.3 is 0 Å². The summed E-state index contributed by atoms with van der Waals surface area (Å²) in [6, 6.07) is 8.52. The van der Waals surface area contributed by atoms with Crippen molar-refractivity contribution in [3.8, 4) is 0 Å². The van der Waals surface area contributed by atoms with Gasteiger partial charge in [0, 0.05) is 0 Å². The minimum absolute atomic E-state index is 0. The maximum atomic E-state index is 2.20. The summed E-state index contributed by atoms with van der Waals surface area (Å²) in [7, 11) is 0. The molecular formula is C18H26Ti. The summed E-state index contributed by atoms with van der Waals surface area (Å²) in [5, 5.41) is 0. The van der Waals surface area contributed by atoms with E-state index in [4.69, 9.17) is 0 Å². The fourth-order valence-electron chi connectivity index (χ4n) is 2.28. The normalized spacial score (nSPS) is 9.58. The van der Waals surface area contributed by atoms with E-state index < -0.39 is 0 Å². The Morgan fingerprint density at radius 3 is 1.58 bits per heavy atom. The van der Waals surface area contributed by atoms with Crippen LogP contribution in [0.1, 0.15) is 46.7 Å². The van der Waals surface area contributed by atoms with Crippen molar-refractivity contribution in [2.75, 3.05) is 0 Å². The molecule has 0 nitrogen and oxygen atoms in total. The van der Waals surface area contributed by atoms with Crippen LogP contribution >= 0.6 is 0 Å². The Labute approximate surface area is 133 Å². The van der Waals surface area contributed by atoms with Crippen LogP contribution in [0.15, 0.2) is 24.3 Å². The van der Waals surface area contributed by atoms with Gasteiger partial charge >= 0.3 is 21.7 Å². The van der Waals surface area contributed by atoms with Crippen molar-refractivity contribution in [3.63, 3.8) is 0 Å². The van der Waals surface area contributed by atoms with E-state index in [0.29, 0.717) is 0 Å². The minimum Gasteiger partial charge on any atom is -0.213 e. The van der Waals surface area contributed by atoms with Gasteiger partial charge in [-0.25, -0.2) is 12.1 Å². The molecule has 0 aliphatic carbocycles. The van der Waals surface area contributed by atoms with Crippen LogP contribution in [0.3, 0.4) is 0 Å². The summed E-state index contributed by atoms with van der Waals surface area (Å²) in [4.78, 5) is 0. The predicted molar refractivity (Wildman–Crippen MR) is 81.8 cm³/mol. The summed E-state index contributed by atoms with van der Waals surface area (Å²) in [6.07, 6.45) is 2.48. The quantitative estimate of drug-likeness (QED) is 0.520. The fourth-order valence-corrected chi connectivity index (χ4v) is 2.28. The summed E-state index contributed by atoms with van der Waals surface area (Å²) in [5.41, 5.74) is 8.80. The summed E-state index contributed by atoms with van der Waals surface area (Å²) in [5.74, 6) is 0. The van der Waals surface area contributed by atoms with Gasteiger partial charge in [0.1, 0.15) is 0 Å². The van der Waals surface area contributed by atoms with Gasteiger partial charge in [0.15, 0.2) is 0 Å². The molecule has 0 aliphatic rings. The first-order chi connectivity index (χ1) is 8.49. The molecule has 0 saturated carbocycles. The first kappa shape index (κ1) is 18.4. The van der Waals surface area contributed by atoms with E-state index in [2.05, 4.69) is 65.8 Å². The van der Waals surface area contributed by atoms with Crippen LogP contribution in [0.5, 0.6) is 0 Å². The van der Waals surface area contributed by atoms with Gasteiger partial charge in [0.2, 0.25) is 0 Å². The monoisotopic (exact) mass is 290 g/mol. The Morgan fingerprint density at radius 2 is 1.32 bits per heavy atom. The molecule has 0 unspecified atom stereocenters. The van der Waals surface area contributed by atoms with Gasteiger partial charge in [-0.3, -0.25) is 0 Å². The Hall–Kier alpha value is -0.586. The van der Waals surface area contributed by atoms with Crippen molar-refractivity contribution in [2.45, 2.75) is 54.4 Å². The van der Waals surface area contributed by atoms with E-state index in [1.54, 1.807) is 0 Å². The molecule has 0 aromatic heterocycles. The molecule has 0 bridgehead atoms. The molecule has 2 rings (SSSR count). The second-order valence-electron chi connectivity index (χ2n) is 5.17. The Kier molecular flexibility index (Phi) is 8.29. The van der Waals surface area contributed by atoms with Crippen molar-refractivity contribution in [2.24, 2.45) is 0 Å². The van der Waals surface area contributed by atoms with E-state index >= 15 is 0 Å². The van der Waals surface area contributed by atoms with Crippen LogP contribution < -0.4 is 0 Å². The number of rotatable bonds is 2. The molecule has 2 aromatic carbocycles. The first-order valence-electron chi connectivity index (χ1n) is 6.89. The number of hydrogen-bond acceptors (Lipinski definition) is 0. The van der Waals surface area contributed by atoms with Crippen LogP contribution in [0, 0.1) is 34.6 Å². The Balaban J connectivity index is 0.000000331. The van der Waals surface area contributed by atoms with Gasteiger partial charge in [0.05, 0.1) is 0 Å². The molecule has 0 heterocycles. The zero-order valence-electron chi connectivity index (χ0n) is 13.2. The summed E-state index contributed by atoms with van der Waals surface area (Å²) in [6.45, 7) is 13.2. The van der Waals surface area contributed by atoms with Crippen LogP contribution in [0.25, 0.3) is 0 Å². The van der Waals surface area contributed by atoms with E-state index in [9.17, 15) is 0 Å². The fraction of sp³-hybridized carbons (Fsp3) is 0.444. The maximum absolute atomic E-state index is 2.20. The van der Waals surface area contributed by atoms with Crippen molar-refractivity contribution in [1.29, 1.82) is 0 Å². The molecule has 0 N–H and O–H groups in total. The van der Waals surface area contributed by atoms with E-state index in [0.717, 1.165) is 0 Å². The van der Waals surface area contributed by atoms with Crippen molar-refractivity contribution in [1.82, 2.24) is 0 Å². The van der Waals surface area contributed by atoms with Crippen molar-refractivity contribution in [3.05, 3.63) is 57.6 Å². The molecular weight excluding hydrogens is 264 g/mol. The molecule has 0 fully saturated rings. The predicted octanol–water partition coefficient (Wildman–Crippen LogP) is 5.30. The average Bonchev–Trinajstić information content (AvgIpc) is 2.93. The van der Waals surface area contributed by atoms with E-state index in [-0.39, 0.29) is 21.7 Å². The molecule has 0 saturated heterocycles. The third kappa shape index (κ3) is 4.78. The molecule has 0 atom stereocenters. The molecule has 19 heavy (non-hydrogen) atoms. The summed E-state index contributed by atoms with van der Waals surface area (Å²) < 4.78 is 0. The van der Waals surface area contributed by atoms with Gasteiger partial charge in [-0.05, 0) is 0 Å². The third-order valence-corrected chi connectivity index (χ3v) is 4.08. The minimum atomic E-state index is 0. The van der Waals surface area contributed by atoms with Gasteiger partial charge in [-0.1, -0.05) is 54.4 Å². The maximum Gasteiger partial charge on any atom is 2.00 e. The SMILES string of the molecule is CCC[c-]1cccc1.Cc1c(C)c(C)[c-](C)c1C.[Ti+2]. The second kappa shape index (κ2) is 8.56. The topological polar surface area (TPSA) is 0 Å². The average molecular weight is 290 g/mol. The van der Waals surface area contributed by atoms with Crippen LogP contribution in [0.2, 0.25) is 0 Å².